The van der Waals surface area contributed by atoms with Crippen LogP contribution in [0.3, 0.4) is 0 Å². The Kier molecular flexibility index (Phi) is 15.0. The lowest BCUT2D eigenvalue weighted by atomic mass is 9.98. The van der Waals surface area contributed by atoms with Gasteiger partial charge in [-0.3, -0.25) is 18.7 Å². The van der Waals surface area contributed by atoms with Crippen LogP contribution in [0.4, 0.5) is 10.2 Å². The number of rotatable bonds is 21. The van der Waals surface area contributed by atoms with Gasteiger partial charge in [0, 0.05) is 12.8 Å². The Balaban J connectivity index is 1.43. The summed E-state index contributed by atoms with van der Waals surface area (Å²) < 4.78 is 60.7. The summed E-state index contributed by atoms with van der Waals surface area (Å²) >= 11 is 0. The fourth-order valence-electron chi connectivity index (χ4n) is 6.34. The SMILES string of the molecule is C#CC1(CO[P@@](=O)(NC(Cc2ccccc2)C(=O)OC(C)C)Oc2ccccc2)OC(n2cnc3c(N)nc(F)nc32)CC1OC(=O)CCCCCCCCC. The number of fused-ring (bicyclic) bond motifs is 1. The first kappa shape index (κ1) is 42.3. The molecule has 0 spiro atoms. The Morgan fingerprint density at radius 1 is 1.07 bits per heavy atom. The normalized spacial score (nSPS) is 19.6. The number of imidazole rings is 1. The highest BCUT2D eigenvalue weighted by atomic mass is 31.2. The molecule has 1 aliphatic rings. The van der Waals surface area contributed by atoms with E-state index >= 15 is 0 Å². The molecule has 1 fully saturated rings. The van der Waals surface area contributed by atoms with E-state index in [1.165, 1.54) is 17.3 Å². The van der Waals surface area contributed by atoms with Gasteiger partial charge in [-0.15, -0.1) is 6.42 Å². The Labute approximate surface area is 326 Å². The van der Waals surface area contributed by atoms with Crippen molar-refractivity contribution in [2.24, 2.45) is 0 Å². The number of nitrogens with one attached hydrogen (secondary N) is 1. The lowest BCUT2D eigenvalue weighted by molar-refractivity contribution is -0.158. The van der Waals surface area contributed by atoms with Crippen molar-refractivity contribution in [3.8, 4) is 18.1 Å². The maximum Gasteiger partial charge on any atom is 0.459 e. The van der Waals surface area contributed by atoms with E-state index in [4.69, 9.17) is 35.4 Å². The summed E-state index contributed by atoms with van der Waals surface area (Å²) in [6.45, 7) is 4.92. The first-order valence-electron chi connectivity index (χ1n) is 19.0. The molecule has 0 aliphatic carbocycles. The Bertz CT molecular complexity index is 2000. The van der Waals surface area contributed by atoms with E-state index in [9.17, 15) is 18.5 Å². The van der Waals surface area contributed by atoms with Gasteiger partial charge in [0.1, 0.15) is 30.7 Å². The third-order valence-corrected chi connectivity index (χ3v) is 10.7. The molecular formula is C40H50FN6O8P. The van der Waals surface area contributed by atoms with Crippen LogP contribution in [0, 0.1) is 18.4 Å². The highest BCUT2D eigenvalue weighted by Gasteiger charge is 2.53. The summed E-state index contributed by atoms with van der Waals surface area (Å²) in [7, 11) is -4.54. The Morgan fingerprint density at radius 2 is 1.75 bits per heavy atom. The number of anilines is 1. The number of benzene rings is 2. The molecule has 56 heavy (non-hydrogen) atoms. The molecule has 300 valence electrons. The molecule has 0 amide bonds. The van der Waals surface area contributed by atoms with Crippen LogP contribution >= 0.6 is 7.75 Å². The molecule has 0 saturated carbocycles. The molecule has 0 bridgehead atoms. The number of halogens is 1. The molecule has 0 radical (unpaired) electrons. The van der Waals surface area contributed by atoms with Crippen molar-refractivity contribution >= 4 is 36.7 Å². The lowest BCUT2D eigenvalue weighted by Gasteiger charge is -2.31. The smallest absolute Gasteiger partial charge is 0.459 e. The van der Waals surface area contributed by atoms with Crippen LogP contribution in [-0.2, 0) is 39.3 Å². The molecule has 16 heteroatoms. The van der Waals surface area contributed by atoms with Gasteiger partial charge >= 0.3 is 25.8 Å². The van der Waals surface area contributed by atoms with Crippen LogP contribution in [0.1, 0.15) is 90.3 Å². The van der Waals surface area contributed by atoms with Gasteiger partial charge in [-0.1, -0.05) is 99.9 Å². The summed E-state index contributed by atoms with van der Waals surface area (Å²) in [5.41, 5.74) is 4.95. The molecule has 4 unspecified atom stereocenters. The maximum atomic E-state index is 14.9. The zero-order valence-electron chi connectivity index (χ0n) is 32.0. The van der Waals surface area contributed by atoms with E-state index in [1.807, 2.05) is 30.3 Å². The molecular weight excluding hydrogens is 742 g/mol. The molecule has 2 aromatic heterocycles. The zero-order valence-corrected chi connectivity index (χ0v) is 32.9. The van der Waals surface area contributed by atoms with E-state index in [0.717, 1.165) is 37.7 Å². The second-order valence-electron chi connectivity index (χ2n) is 13.9. The predicted octanol–water partition coefficient (Wildman–Crippen LogP) is 7.25. The number of hydrogen-bond donors (Lipinski definition) is 2. The van der Waals surface area contributed by atoms with Gasteiger partial charge in [-0.05, 0) is 44.4 Å². The summed E-state index contributed by atoms with van der Waals surface area (Å²) in [5, 5.41) is 2.80. The van der Waals surface area contributed by atoms with Crippen molar-refractivity contribution in [2.45, 2.75) is 115 Å². The summed E-state index contributed by atoms with van der Waals surface area (Å²) in [6.07, 6.45) is 11.0. The van der Waals surface area contributed by atoms with Gasteiger partial charge in [0.15, 0.2) is 22.6 Å². The molecule has 14 nitrogen and oxygen atoms in total. The van der Waals surface area contributed by atoms with E-state index in [1.54, 1.807) is 44.2 Å². The van der Waals surface area contributed by atoms with Crippen molar-refractivity contribution < 1.29 is 41.8 Å². The quantitative estimate of drug-likeness (QED) is 0.0284. The van der Waals surface area contributed by atoms with Gasteiger partial charge in [-0.2, -0.15) is 19.4 Å². The van der Waals surface area contributed by atoms with Crippen molar-refractivity contribution in [1.29, 1.82) is 0 Å². The van der Waals surface area contributed by atoms with E-state index in [0.29, 0.717) is 6.42 Å². The summed E-state index contributed by atoms with van der Waals surface area (Å²) in [4.78, 5) is 38.4. The van der Waals surface area contributed by atoms with Crippen LogP contribution in [0.5, 0.6) is 5.75 Å². The number of unbranched alkanes of at least 4 members (excludes halogenated alkanes) is 6. The number of nitrogens with two attached hydrogens (primary N) is 1. The second kappa shape index (κ2) is 19.8. The second-order valence-corrected chi connectivity index (χ2v) is 15.6. The predicted molar refractivity (Wildman–Crippen MR) is 207 cm³/mol. The number of carbonyl (C=O) groups excluding carboxylic acids is 2. The fraction of sp³-hybridized carbons (Fsp3) is 0.475. The number of ether oxygens (including phenoxy) is 3. The van der Waals surface area contributed by atoms with Crippen molar-refractivity contribution in [1.82, 2.24) is 24.6 Å². The van der Waals surface area contributed by atoms with Crippen LogP contribution in [-0.4, -0.2) is 61.9 Å². The van der Waals surface area contributed by atoms with Crippen molar-refractivity contribution in [3.05, 3.63) is 78.6 Å². The maximum absolute atomic E-state index is 14.9. The lowest BCUT2D eigenvalue weighted by Crippen LogP contribution is -2.46. The molecule has 2 aromatic carbocycles. The Hall–Kier alpha value is -4.87. The number of hydrogen-bond acceptors (Lipinski definition) is 12. The molecule has 5 rings (SSSR count). The molecule has 1 aliphatic heterocycles. The number of esters is 2. The van der Waals surface area contributed by atoms with Crippen LogP contribution in [0.25, 0.3) is 11.2 Å². The average molecular weight is 793 g/mol. The molecule has 4 aromatic rings. The van der Waals surface area contributed by atoms with Crippen molar-refractivity contribution in [2.75, 3.05) is 12.3 Å². The monoisotopic (exact) mass is 792 g/mol. The number of nitrogens with zero attached hydrogens (tertiary/aromatic N) is 4. The van der Waals surface area contributed by atoms with Gasteiger partial charge < -0.3 is 24.5 Å². The van der Waals surface area contributed by atoms with Gasteiger partial charge in [-0.25, -0.2) is 9.55 Å². The standard InChI is InChI=1S/C40H50FN6O8P/c1-5-7-8-9-10-11-18-23-34(48)53-32-25-33(47-27-43-35-36(42)44-39(41)45-37(35)47)54-40(32,6-2)26-51-56(50,55-30-21-16-13-17-22-30)46-31(38(49)52-28(3)4)24-29-19-14-12-15-20-29/h2,12-17,19-22,27-28,31-33H,5,7-11,18,23-26H2,1,3-4H3,(H,46,50)(H2,42,44,45)/t31?,32?,33?,40?,56-/m0/s1. The first-order chi connectivity index (χ1) is 26.9. The third kappa shape index (κ3) is 11.4. The highest BCUT2D eigenvalue weighted by molar-refractivity contribution is 7.52. The Morgan fingerprint density at radius 3 is 2.43 bits per heavy atom. The van der Waals surface area contributed by atoms with E-state index in [-0.39, 0.29) is 42.0 Å². The number of nitrogen functional groups attached to an aromatic ring is 1. The molecule has 5 atom stereocenters. The van der Waals surface area contributed by atoms with Crippen LogP contribution < -0.4 is 15.3 Å². The largest absolute Gasteiger partial charge is 0.462 e. The van der Waals surface area contributed by atoms with E-state index in [2.05, 4.69) is 32.9 Å². The summed E-state index contributed by atoms with van der Waals surface area (Å²) in [6, 6.07) is 16.1. The number of aromatic nitrogens is 4. The van der Waals surface area contributed by atoms with E-state index < -0.39 is 62.4 Å². The minimum absolute atomic E-state index is 0.0223. The zero-order chi connectivity index (χ0) is 40.1. The van der Waals surface area contributed by atoms with Gasteiger partial charge in [0.2, 0.25) is 0 Å². The number of para-hydroxylation sites is 1. The average Bonchev–Trinajstić information content (AvgIpc) is 3.75. The first-order valence-corrected chi connectivity index (χ1v) is 20.5. The number of carbonyl (C=O) groups is 2. The minimum Gasteiger partial charge on any atom is -0.462 e. The minimum atomic E-state index is -4.54. The fourth-order valence-corrected chi connectivity index (χ4v) is 7.86. The molecule has 3 heterocycles. The summed E-state index contributed by atoms with van der Waals surface area (Å²) in [5.74, 6) is 1.37. The number of terminal acetylenes is 1. The molecule has 3 N–H and O–H groups in total. The highest BCUT2D eigenvalue weighted by Crippen LogP contribution is 2.49. The van der Waals surface area contributed by atoms with Gasteiger partial charge in [0.05, 0.1) is 12.4 Å². The topological polar surface area (TPSA) is 179 Å². The third-order valence-electron chi connectivity index (χ3n) is 9.17. The van der Waals surface area contributed by atoms with Gasteiger partial charge in [0.25, 0.3) is 0 Å². The molecule has 1 saturated heterocycles. The van der Waals surface area contributed by atoms with Crippen molar-refractivity contribution in [3.63, 3.8) is 0 Å². The van der Waals surface area contributed by atoms with Crippen LogP contribution in [0.15, 0.2) is 67.0 Å². The van der Waals surface area contributed by atoms with Crippen LogP contribution in [0.2, 0.25) is 0 Å².